The van der Waals surface area contributed by atoms with E-state index in [-0.39, 0.29) is 5.97 Å². The Hall–Kier alpha value is -1.83. The number of ether oxygens (including phenoxy) is 1. The average molecular weight is 273 g/mol. The molecule has 1 aromatic carbocycles. The molecule has 0 heterocycles. The number of nitrogens with one attached hydrogen (secondary N) is 1. The maximum atomic E-state index is 11.8. The van der Waals surface area contributed by atoms with Crippen LogP contribution in [0.15, 0.2) is 47.7 Å². The third-order valence-electron chi connectivity index (χ3n) is 2.62. The summed E-state index contributed by atoms with van der Waals surface area (Å²) in [7, 11) is 1.89. The topological polar surface area (TPSA) is 38.3 Å². The van der Waals surface area contributed by atoms with Crippen LogP contribution < -0.4 is 10.1 Å². The van der Waals surface area contributed by atoms with Crippen LogP contribution in [0.25, 0.3) is 0 Å². The summed E-state index contributed by atoms with van der Waals surface area (Å²) in [6.07, 6.45) is 3.05. The summed E-state index contributed by atoms with van der Waals surface area (Å²) in [6.45, 7) is 4.95. The van der Waals surface area contributed by atoms with Crippen LogP contribution in [0.1, 0.15) is 26.7 Å². The van der Waals surface area contributed by atoms with Gasteiger partial charge < -0.3 is 10.1 Å². The Bertz CT molecular complexity index is 471. The first-order valence-electron chi connectivity index (χ1n) is 6.96. The van der Waals surface area contributed by atoms with Crippen LogP contribution in [0.2, 0.25) is 0 Å². The largest absolute Gasteiger partial charge is 0.427 e. The summed E-state index contributed by atoms with van der Waals surface area (Å²) in [5.74, 6) is 0.837. The monoisotopic (exact) mass is 273 g/mol. The van der Waals surface area contributed by atoms with Crippen LogP contribution in [0, 0.1) is 5.92 Å². The van der Waals surface area contributed by atoms with E-state index in [2.05, 4.69) is 24.9 Å². The maximum absolute atomic E-state index is 11.8. The van der Waals surface area contributed by atoms with Crippen LogP contribution in [-0.4, -0.2) is 19.6 Å². The molecule has 0 radical (unpaired) electrons. The maximum Gasteiger partial charge on any atom is 0.311 e. The van der Waals surface area contributed by atoms with Crippen molar-refractivity contribution in [2.75, 3.05) is 13.6 Å². The Morgan fingerprint density at radius 2 is 2.00 bits per heavy atom. The lowest BCUT2D eigenvalue weighted by Gasteiger charge is -2.06. The number of esters is 1. The Morgan fingerprint density at radius 3 is 2.60 bits per heavy atom. The second-order valence-corrected chi connectivity index (χ2v) is 4.98. The number of rotatable bonds is 7. The number of para-hydroxylation sites is 1. The second kappa shape index (κ2) is 9.13. The van der Waals surface area contributed by atoms with Crippen molar-refractivity contribution in [3.63, 3.8) is 0 Å². The first-order chi connectivity index (χ1) is 9.61. The number of benzene rings is 1. The van der Waals surface area contributed by atoms with Crippen LogP contribution in [-0.2, 0) is 4.79 Å². The number of hydrogen-bond donors (Lipinski definition) is 1. The van der Waals surface area contributed by atoms with Gasteiger partial charge in [0.15, 0.2) is 0 Å². The van der Waals surface area contributed by atoms with Crippen molar-refractivity contribution in [1.82, 2.24) is 5.32 Å². The zero-order valence-corrected chi connectivity index (χ0v) is 12.5. The Balaban J connectivity index is 2.51. The molecule has 0 aliphatic rings. The molecule has 3 nitrogen and oxygen atoms in total. The van der Waals surface area contributed by atoms with Gasteiger partial charge in [0.25, 0.3) is 0 Å². The third-order valence-corrected chi connectivity index (χ3v) is 2.62. The molecule has 1 N–H and O–H groups in total. The van der Waals surface area contributed by atoms with Gasteiger partial charge in [0.05, 0.1) is 6.42 Å². The molecule has 1 aromatic rings. The molecule has 0 aliphatic carbocycles. The molecule has 0 saturated heterocycles. The smallest absolute Gasteiger partial charge is 0.311 e. The molecule has 0 unspecified atom stereocenters. The standard InChI is InChI=1S/C17H23NO2/c1-14(2)9-10-15(13-18-3)11-12-17(19)20-16-7-5-4-6-8-16/h4-9,14,18H,11-13H2,1-3H3. The lowest BCUT2D eigenvalue weighted by Crippen LogP contribution is -2.13. The van der Waals surface area contributed by atoms with E-state index in [0.29, 0.717) is 24.5 Å². The lowest BCUT2D eigenvalue weighted by molar-refractivity contribution is -0.134. The van der Waals surface area contributed by atoms with Crippen LogP contribution in [0.4, 0.5) is 0 Å². The van der Waals surface area contributed by atoms with E-state index >= 15 is 0 Å². The second-order valence-electron chi connectivity index (χ2n) is 4.98. The van der Waals surface area contributed by atoms with Crippen molar-refractivity contribution in [3.8, 4) is 5.75 Å². The molecule has 0 spiro atoms. The predicted octanol–water partition coefficient (Wildman–Crippen LogP) is 3.33. The fourth-order valence-electron chi connectivity index (χ4n) is 1.63. The molecule has 0 amide bonds. The molecule has 0 atom stereocenters. The van der Waals surface area contributed by atoms with E-state index in [4.69, 9.17) is 4.74 Å². The molecule has 0 saturated carbocycles. The highest BCUT2D eigenvalue weighted by Gasteiger charge is 2.06. The number of hydrogen-bond acceptors (Lipinski definition) is 3. The molecule has 0 aromatic heterocycles. The summed E-state index contributed by atoms with van der Waals surface area (Å²) in [4.78, 5) is 11.8. The minimum absolute atomic E-state index is 0.212. The van der Waals surface area contributed by atoms with E-state index in [1.807, 2.05) is 31.3 Å². The molecule has 108 valence electrons. The van der Waals surface area contributed by atoms with Crippen molar-refractivity contribution in [1.29, 1.82) is 0 Å². The summed E-state index contributed by atoms with van der Waals surface area (Å²) >= 11 is 0. The first-order valence-corrected chi connectivity index (χ1v) is 6.96. The molecule has 0 fully saturated rings. The van der Waals surface area contributed by atoms with Gasteiger partial charge in [-0.15, -0.1) is 5.73 Å². The average Bonchev–Trinajstić information content (AvgIpc) is 2.43. The fourth-order valence-corrected chi connectivity index (χ4v) is 1.63. The van der Waals surface area contributed by atoms with Crippen LogP contribution >= 0.6 is 0 Å². The summed E-state index contributed by atoms with van der Waals surface area (Å²) in [5, 5.41) is 3.09. The molecular weight excluding hydrogens is 250 g/mol. The van der Waals surface area contributed by atoms with E-state index in [0.717, 1.165) is 12.1 Å². The van der Waals surface area contributed by atoms with Gasteiger partial charge in [-0.2, -0.15) is 0 Å². The Kier molecular flexibility index (Phi) is 7.41. The van der Waals surface area contributed by atoms with Gasteiger partial charge in [-0.1, -0.05) is 32.0 Å². The zero-order chi connectivity index (χ0) is 14.8. The molecule has 0 aliphatic heterocycles. The molecule has 3 heteroatoms. The van der Waals surface area contributed by atoms with E-state index in [1.165, 1.54) is 0 Å². The van der Waals surface area contributed by atoms with Crippen molar-refractivity contribution in [2.45, 2.75) is 26.7 Å². The number of likely N-dealkylation sites (N-methyl/N-ethyl adjacent to an activating group) is 1. The van der Waals surface area contributed by atoms with Gasteiger partial charge in [0, 0.05) is 6.54 Å². The van der Waals surface area contributed by atoms with Gasteiger partial charge >= 0.3 is 5.97 Å². The van der Waals surface area contributed by atoms with Crippen molar-refractivity contribution >= 4 is 5.97 Å². The first kappa shape index (κ1) is 16.2. The Morgan fingerprint density at radius 1 is 1.30 bits per heavy atom. The van der Waals surface area contributed by atoms with Crippen molar-refractivity contribution in [2.24, 2.45) is 5.92 Å². The summed E-state index contributed by atoms with van der Waals surface area (Å²) in [5.41, 5.74) is 4.35. The normalized spacial score (nSPS) is 10.0. The van der Waals surface area contributed by atoms with Crippen LogP contribution in [0.5, 0.6) is 5.75 Å². The third kappa shape index (κ3) is 6.93. The molecule has 1 rings (SSSR count). The fraction of sp³-hybridized carbons (Fsp3) is 0.412. The highest BCUT2D eigenvalue weighted by atomic mass is 16.5. The van der Waals surface area contributed by atoms with E-state index in [9.17, 15) is 4.79 Å². The molecule has 20 heavy (non-hydrogen) atoms. The highest BCUT2D eigenvalue weighted by Crippen LogP contribution is 2.11. The van der Waals surface area contributed by atoms with Gasteiger partial charge in [-0.05, 0) is 43.2 Å². The van der Waals surface area contributed by atoms with Gasteiger partial charge in [-0.3, -0.25) is 4.79 Å². The van der Waals surface area contributed by atoms with Crippen molar-refractivity contribution in [3.05, 3.63) is 47.7 Å². The summed E-state index contributed by atoms with van der Waals surface area (Å²) < 4.78 is 5.26. The van der Waals surface area contributed by atoms with Gasteiger partial charge in [-0.25, -0.2) is 0 Å². The van der Waals surface area contributed by atoms with Gasteiger partial charge in [0.2, 0.25) is 0 Å². The molecular formula is C17H23NO2. The van der Waals surface area contributed by atoms with E-state index in [1.54, 1.807) is 12.1 Å². The predicted molar refractivity (Wildman–Crippen MR) is 81.7 cm³/mol. The van der Waals surface area contributed by atoms with Gasteiger partial charge in [0.1, 0.15) is 5.75 Å². The SMILES string of the molecule is CNCC(=C=CC(C)C)CCC(=O)Oc1ccccc1. The summed E-state index contributed by atoms with van der Waals surface area (Å²) in [6, 6.07) is 9.14. The zero-order valence-electron chi connectivity index (χ0n) is 12.5. The Labute approximate surface area is 121 Å². The number of carbonyl (C=O) groups is 1. The minimum Gasteiger partial charge on any atom is -0.427 e. The van der Waals surface area contributed by atoms with Crippen LogP contribution in [0.3, 0.4) is 0 Å². The molecule has 0 bridgehead atoms. The lowest BCUT2D eigenvalue weighted by atomic mass is 10.1. The minimum atomic E-state index is -0.212. The van der Waals surface area contributed by atoms with E-state index < -0.39 is 0 Å². The number of carbonyl (C=O) groups excluding carboxylic acids is 1. The van der Waals surface area contributed by atoms with Crippen molar-refractivity contribution < 1.29 is 9.53 Å². The quantitative estimate of drug-likeness (QED) is 0.470. The highest BCUT2D eigenvalue weighted by molar-refractivity contribution is 5.72.